The molecule has 6 heteroatoms. The maximum absolute atomic E-state index is 9.23. The van der Waals surface area contributed by atoms with Gasteiger partial charge in [0.15, 0.2) is 5.82 Å². The largest absolute Gasteiger partial charge is 0.394 e. The predicted octanol–water partition coefficient (Wildman–Crippen LogP) is 1.60. The number of aliphatic hydroxyl groups excluding tert-OH is 1. The summed E-state index contributed by atoms with van der Waals surface area (Å²) >= 11 is 5.91. The first-order valence-electron chi connectivity index (χ1n) is 5.68. The van der Waals surface area contributed by atoms with Gasteiger partial charge in [0.2, 0.25) is 0 Å². The zero-order valence-electron chi connectivity index (χ0n) is 9.74. The first-order chi connectivity index (χ1) is 8.17. The zero-order valence-corrected chi connectivity index (χ0v) is 10.5. The van der Waals surface area contributed by atoms with Gasteiger partial charge < -0.3 is 15.2 Å². The van der Waals surface area contributed by atoms with Crippen LogP contribution in [0.15, 0.2) is 6.07 Å². The fourth-order valence-corrected chi connectivity index (χ4v) is 1.73. The van der Waals surface area contributed by atoms with Gasteiger partial charge in [0, 0.05) is 12.7 Å². The SMILES string of the molecule is CCOCc1nc(Cl)cc(NC2(CO)CC2)n1. The van der Waals surface area contributed by atoms with Crippen LogP contribution in [0.1, 0.15) is 25.6 Å². The molecule has 0 aliphatic heterocycles. The molecule has 2 rings (SSSR count). The van der Waals surface area contributed by atoms with Crippen molar-refractivity contribution in [2.75, 3.05) is 18.5 Å². The molecule has 2 N–H and O–H groups in total. The first-order valence-corrected chi connectivity index (χ1v) is 6.05. The molecule has 0 amide bonds. The Morgan fingerprint density at radius 1 is 1.53 bits per heavy atom. The quantitative estimate of drug-likeness (QED) is 0.758. The molecule has 0 spiro atoms. The molecular weight excluding hydrogens is 242 g/mol. The Balaban J connectivity index is 2.08. The summed E-state index contributed by atoms with van der Waals surface area (Å²) in [4.78, 5) is 8.38. The van der Waals surface area contributed by atoms with Crippen LogP contribution in [0.5, 0.6) is 0 Å². The standard InChI is InChI=1S/C11H16ClN3O2/c1-2-17-6-10-13-8(12)5-9(14-10)15-11(7-16)3-4-11/h5,16H,2-4,6-7H2,1H3,(H,13,14,15). The fourth-order valence-electron chi connectivity index (χ4n) is 1.53. The van der Waals surface area contributed by atoms with Crippen LogP contribution < -0.4 is 5.32 Å². The van der Waals surface area contributed by atoms with Crippen molar-refractivity contribution in [1.82, 2.24) is 9.97 Å². The van der Waals surface area contributed by atoms with E-state index in [-0.39, 0.29) is 12.1 Å². The van der Waals surface area contributed by atoms with Crippen LogP contribution in [-0.4, -0.2) is 33.8 Å². The van der Waals surface area contributed by atoms with E-state index in [9.17, 15) is 5.11 Å². The van der Waals surface area contributed by atoms with E-state index in [4.69, 9.17) is 16.3 Å². The lowest BCUT2D eigenvalue weighted by Gasteiger charge is -2.15. The number of halogens is 1. The van der Waals surface area contributed by atoms with Crippen LogP contribution in [-0.2, 0) is 11.3 Å². The van der Waals surface area contributed by atoms with Gasteiger partial charge in [-0.2, -0.15) is 0 Å². The second-order valence-corrected chi connectivity index (χ2v) is 4.58. The number of aliphatic hydroxyl groups is 1. The molecule has 0 radical (unpaired) electrons. The highest BCUT2D eigenvalue weighted by Crippen LogP contribution is 2.38. The van der Waals surface area contributed by atoms with Gasteiger partial charge in [-0.15, -0.1) is 0 Å². The highest BCUT2D eigenvalue weighted by atomic mass is 35.5. The van der Waals surface area contributed by atoms with Crippen LogP contribution >= 0.6 is 11.6 Å². The number of nitrogens with zero attached hydrogens (tertiary/aromatic N) is 2. The molecule has 94 valence electrons. The smallest absolute Gasteiger partial charge is 0.158 e. The Morgan fingerprint density at radius 3 is 2.88 bits per heavy atom. The third-order valence-electron chi connectivity index (χ3n) is 2.73. The molecule has 1 aliphatic carbocycles. The number of ether oxygens (including phenoxy) is 1. The molecule has 1 saturated carbocycles. The summed E-state index contributed by atoms with van der Waals surface area (Å²) in [5.74, 6) is 1.20. The van der Waals surface area contributed by atoms with Crippen molar-refractivity contribution in [2.45, 2.75) is 31.9 Å². The van der Waals surface area contributed by atoms with E-state index in [1.54, 1.807) is 6.07 Å². The van der Waals surface area contributed by atoms with Gasteiger partial charge in [-0.05, 0) is 19.8 Å². The van der Waals surface area contributed by atoms with Crippen molar-refractivity contribution in [3.05, 3.63) is 17.0 Å². The van der Waals surface area contributed by atoms with E-state index in [1.807, 2.05) is 6.92 Å². The lowest BCUT2D eigenvalue weighted by molar-refractivity contribution is 0.128. The molecule has 0 unspecified atom stereocenters. The highest BCUT2D eigenvalue weighted by Gasteiger charge is 2.42. The lowest BCUT2D eigenvalue weighted by atomic mass is 10.3. The van der Waals surface area contributed by atoms with Crippen molar-refractivity contribution < 1.29 is 9.84 Å². The summed E-state index contributed by atoms with van der Waals surface area (Å²) in [5.41, 5.74) is -0.208. The summed E-state index contributed by atoms with van der Waals surface area (Å²) in [5, 5.41) is 12.8. The average Bonchev–Trinajstić information content (AvgIpc) is 3.06. The Hall–Kier alpha value is -0.910. The maximum Gasteiger partial charge on any atom is 0.158 e. The van der Waals surface area contributed by atoms with E-state index >= 15 is 0 Å². The minimum atomic E-state index is -0.208. The average molecular weight is 258 g/mol. The van der Waals surface area contributed by atoms with Crippen molar-refractivity contribution in [3.8, 4) is 0 Å². The molecule has 0 bridgehead atoms. The monoisotopic (exact) mass is 257 g/mol. The summed E-state index contributed by atoms with van der Waals surface area (Å²) in [7, 11) is 0. The molecule has 1 aromatic rings. The molecule has 0 atom stereocenters. The van der Waals surface area contributed by atoms with E-state index in [0.717, 1.165) is 12.8 Å². The number of rotatable bonds is 6. The van der Waals surface area contributed by atoms with E-state index in [2.05, 4.69) is 15.3 Å². The topological polar surface area (TPSA) is 67.3 Å². The summed E-state index contributed by atoms with van der Waals surface area (Å²) in [6, 6.07) is 1.66. The second kappa shape index (κ2) is 5.16. The van der Waals surface area contributed by atoms with E-state index in [1.165, 1.54) is 0 Å². The van der Waals surface area contributed by atoms with Crippen LogP contribution in [0.3, 0.4) is 0 Å². The Morgan fingerprint density at radius 2 is 2.29 bits per heavy atom. The Kier molecular flexibility index (Phi) is 3.81. The molecule has 17 heavy (non-hydrogen) atoms. The second-order valence-electron chi connectivity index (χ2n) is 4.19. The predicted molar refractivity (Wildman–Crippen MR) is 65.0 cm³/mol. The minimum absolute atomic E-state index is 0.107. The number of anilines is 1. The van der Waals surface area contributed by atoms with E-state index < -0.39 is 0 Å². The Labute approximate surface area is 105 Å². The molecule has 0 aromatic carbocycles. The summed E-state index contributed by atoms with van der Waals surface area (Å²) in [6.45, 7) is 2.97. The van der Waals surface area contributed by atoms with E-state index in [0.29, 0.717) is 30.0 Å². The number of hydrogen-bond acceptors (Lipinski definition) is 5. The van der Waals surface area contributed by atoms with Crippen LogP contribution in [0.25, 0.3) is 0 Å². The summed E-state index contributed by atoms with van der Waals surface area (Å²) < 4.78 is 5.24. The molecule has 5 nitrogen and oxygen atoms in total. The summed E-state index contributed by atoms with van der Waals surface area (Å²) in [6.07, 6.45) is 1.90. The molecule has 0 saturated heterocycles. The van der Waals surface area contributed by atoms with Crippen molar-refractivity contribution in [2.24, 2.45) is 0 Å². The molecule has 1 fully saturated rings. The van der Waals surface area contributed by atoms with Gasteiger partial charge in [-0.3, -0.25) is 0 Å². The highest BCUT2D eigenvalue weighted by molar-refractivity contribution is 6.29. The number of nitrogens with one attached hydrogen (secondary N) is 1. The van der Waals surface area contributed by atoms with Crippen molar-refractivity contribution in [1.29, 1.82) is 0 Å². The Bertz CT molecular complexity index is 396. The molecule has 1 heterocycles. The maximum atomic E-state index is 9.23. The lowest BCUT2D eigenvalue weighted by Crippen LogP contribution is -2.26. The van der Waals surface area contributed by atoms with Gasteiger partial charge in [0.05, 0.1) is 12.1 Å². The molecule has 1 aliphatic rings. The van der Waals surface area contributed by atoms with Gasteiger partial charge >= 0.3 is 0 Å². The number of hydrogen-bond donors (Lipinski definition) is 2. The minimum Gasteiger partial charge on any atom is -0.394 e. The van der Waals surface area contributed by atoms with Gasteiger partial charge in [-0.25, -0.2) is 9.97 Å². The third kappa shape index (κ3) is 3.28. The van der Waals surface area contributed by atoms with Gasteiger partial charge in [0.25, 0.3) is 0 Å². The van der Waals surface area contributed by atoms with Crippen LogP contribution in [0.2, 0.25) is 5.15 Å². The van der Waals surface area contributed by atoms with Gasteiger partial charge in [-0.1, -0.05) is 11.6 Å². The molecular formula is C11H16ClN3O2. The zero-order chi connectivity index (χ0) is 12.3. The first kappa shape index (κ1) is 12.5. The normalized spacial score (nSPS) is 16.9. The van der Waals surface area contributed by atoms with Gasteiger partial charge in [0.1, 0.15) is 17.6 Å². The van der Waals surface area contributed by atoms with Crippen molar-refractivity contribution in [3.63, 3.8) is 0 Å². The van der Waals surface area contributed by atoms with Crippen LogP contribution in [0.4, 0.5) is 5.82 Å². The fraction of sp³-hybridized carbons (Fsp3) is 0.636. The number of aromatic nitrogens is 2. The van der Waals surface area contributed by atoms with Crippen LogP contribution in [0, 0.1) is 0 Å². The molecule has 1 aromatic heterocycles. The third-order valence-corrected chi connectivity index (χ3v) is 2.92. The van der Waals surface area contributed by atoms with Crippen molar-refractivity contribution >= 4 is 17.4 Å².